The van der Waals surface area contributed by atoms with Crippen molar-refractivity contribution < 1.29 is 9.90 Å². The summed E-state index contributed by atoms with van der Waals surface area (Å²) >= 11 is 3.78. The molecule has 2 heterocycles. The van der Waals surface area contributed by atoms with Crippen LogP contribution in [0.4, 0.5) is 0 Å². The molecule has 4 heteroatoms. The van der Waals surface area contributed by atoms with Crippen molar-refractivity contribution in [1.29, 1.82) is 0 Å². The van der Waals surface area contributed by atoms with Gasteiger partial charge in [0, 0.05) is 30.9 Å². The van der Waals surface area contributed by atoms with Crippen molar-refractivity contribution in [2.45, 2.75) is 111 Å². The van der Waals surface area contributed by atoms with Gasteiger partial charge in [0.05, 0.1) is 0 Å². The predicted molar refractivity (Wildman–Crippen MR) is 157 cm³/mol. The molecule has 2 nitrogen and oxygen atoms in total. The number of hydrogen-bond donors (Lipinski definition) is 0. The zero-order valence-electron chi connectivity index (χ0n) is 22.7. The Labute approximate surface area is 227 Å². The first-order valence-corrected chi connectivity index (χ1v) is 15.8. The molecule has 0 amide bonds. The molecule has 1 saturated carbocycles. The van der Waals surface area contributed by atoms with Crippen LogP contribution in [0.2, 0.25) is 0 Å². The van der Waals surface area contributed by atoms with E-state index in [9.17, 15) is 9.90 Å². The van der Waals surface area contributed by atoms with Crippen LogP contribution < -0.4 is 5.11 Å². The Hall–Kier alpha value is -1.49. The average molecular weight is 525 g/mol. The smallest absolute Gasteiger partial charge is 0.218 e. The first-order chi connectivity index (χ1) is 17.5. The van der Waals surface area contributed by atoms with Crippen LogP contribution >= 0.6 is 23.1 Å². The van der Waals surface area contributed by atoms with E-state index in [1.807, 2.05) is 35.3 Å². The molecule has 1 fully saturated rings. The number of ketones is 1. The van der Waals surface area contributed by atoms with Crippen molar-refractivity contribution >= 4 is 35.0 Å². The lowest BCUT2D eigenvalue weighted by atomic mass is 9.73. The van der Waals surface area contributed by atoms with Crippen LogP contribution in [0.5, 0.6) is 0 Å². The molecule has 36 heavy (non-hydrogen) atoms. The molecule has 2 atom stereocenters. The van der Waals surface area contributed by atoms with E-state index in [-0.39, 0.29) is 5.78 Å². The molecule has 0 spiro atoms. The summed E-state index contributed by atoms with van der Waals surface area (Å²) in [6.45, 7) is 8.86. The standard InChI is InChI=1S/C32H44O2S2/c1-5-9-13-25-17-23(18-26(35-25)14-10-6-2)21-29-31(33)30(32(29)34)22-24-19-27(15-11-7-3)36-28(20-24)16-12-8-4/h17-22,29,31H,5-16H2,1-4H3/b30-22+. The van der Waals surface area contributed by atoms with E-state index < -0.39 is 12.0 Å². The van der Waals surface area contributed by atoms with Crippen molar-refractivity contribution in [2.75, 3.05) is 0 Å². The topological polar surface area (TPSA) is 40.1 Å². The summed E-state index contributed by atoms with van der Waals surface area (Å²) in [5.74, 6) is -0.544. The molecule has 0 N–H and O–H groups in total. The molecule has 0 radical (unpaired) electrons. The van der Waals surface area contributed by atoms with Gasteiger partial charge in [0.1, 0.15) is 0 Å². The zero-order chi connectivity index (χ0) is 25.9. The van der Waals surface area contributed by atoms with Gasteiger partial charge in [0.2, 0.25) is 21.1 Å². The Balaban J connectivity index is 1.80. The third-order valence-corrected chi connectivity index (χ3v) is 9.19. The lowest BCUT2D eigenvalue weighted by Gasteiger charge is -2.42. The van der Waals surface area contributed by atoms with Gasteiger partial charge < -0.3 is 5.11 Å². The van der Waals surface area contributed by atoms with E-state index in [4.69, 9.17) is 0 Å². The molecular weight excluding hydrogens is 480 g/mol. The van der Waals surface area contributed by atoms with Gasteiger partial charge in [0.25, 0.3) is 0 Å². The van der Waals surface area contributed by atoms with Crippen LogP contribution in [0.3, 0.4) is 0 Å². The summed E-state index contributed by atoms with van der Waals surface area (Å²) < 4.78 is 0. The minimum absolute atomic E-state index is 0.00508. The van der Waals surface area contributed by atoms with E-state index in [0.717, 1.165) is 36.8 Å². The third-order valence-electron chi connectivity index (χ3n) is 6.86. The predicted octanol–water partition coefficient (Wildman–Crippen LogP) is 8.85. The van der Waals surface area contributed by atoms with E-state index in [1.54, 1.807) is 0 Å². The molecule has 0 saturated heterocycles. The second kappa shape index (κ2) is 15.1. The average Bonchev–Trinajstić information content (AvgIpc) is 2.89. The molecular formula is C32H44O2S2. The number of carbonyl (C=O) groups is 1. The molecule has 3 rings (SSSR count). The van der Waals surface area contributed by atoms with E-state index >= 15 is 0 Å². The fraction of sp³-hybridized carbons (Fsp3) is 0.562. The van der Waals surface area contributed by atoms with Crippen molar-refractivity contribution in [3.8, 4) is 0 Å². The number of rotatable bonds is 14. The molecule has 1 aliphatic carbocycles. The molecule has 196 valence electrons. The lowest BCUT2D eigenvalue weighted by molar-refractivity contribution is -0.419. The molecule has 1 aromatic rings. The monoisotopic (exact) mass is 524 g/mol. The van der Waals surface area contributed by atoms with Gasteiger partial charge in [-0.1, -0.05) is 77.3 Å². The second-order valence-corrected chi connectivity index (χ2v) is 12.6. The summed E-state index contributed by atoms with van der Waals surface area (Å²) in [4.78, 5) is 18.6. The summed E-state index contributed by atoms with van der Waals surface area (Å²) in [5.41, 5.74) is 2.53. The normalized spacial score (nSPS) is 20.9. The third kappa shape index (κ3) is 8.26. The summed E-state index contributed by atoms with van der Waals surface area (Å²) in [7, 11) is 0. The highest BCUT2D eigenvalue weighted by atomic mass is 32.2. The van der Waals surface area contributed by atoms with Crippen LogP contribution in [0.25, 0.3) is 6.08 Å². The zero-order valence-corrected chi connectivity index (χ0v) is 24.4. The lowest BCUT2D eigenvalue weighted by Crippen LogP contribution is -2.52. The number of allylic oxidation sites excluding steroid dienone is 5. The Morgan fingerprint density at radius 1 is 0.833 bits per heavy atom. The van der Waals surface area contributed by atoms with Crippen molar-refractivity contribution in [2.24, 2.45) is 5.92 Å². The largest absolute Gasteiger partial charge is 0.848 e. The van der Waals surface area contributed by atoms with Crippen LogP contribution in [-0.2, 0) is 17.6 Å². The van der Waals surface area contributed by atoms with Crippen molar-refractivity contribution in [3.05, 3.63) is 66.6 Å². The highest BCUT2D eigenvalue weighted by Crippen LogP contribution is 2.40. The van der Waals surface area contributed by atoms with Crippen molar-refractivity contribution in [3.63, 3.8) is 0 Å². The maximum absolute atomic E-state index is 13.2. The Bertz CT molecular complexity index is 963. The summed E-state index contributed by atoms with van der Waals surface area (Å²) in [6, 6.07) is 4.39. The summed E-state index contributed by atoms with van der Waals surface area (Å²) in [6.07, 6.45) is 20.9. The van der Waals surface area contributed by atoms with Gasteiger partial charge in [-0.2, -0.15) is 0 Å². The van der Waals surface area contributed by atoms with Crippen LogP contribution in [0, 0.1) is 5.92 Å². The minimum atomic E-state index is -0.971. The number of carbonyl (C=O) groups excluding carboxylic acids is 1. The molecule has 2 aliphatic rings. The van der Waals surface area contributed by atoms with Crippen LogP contribution in [0.15, 0.2) is 51.3 Å². The highest BCUT2D eigenvalue weighted by Gasteiger charge is 2.36. The number of Topliss-reactive ketones (excluding diaryl/α,β-unsaturated/α-hetero) is 1. The van der Waals surface area contributed by atoms with Crippen LogP contribution in [0.1, 0.15) is 107 Å². The van der Waals surface area contributed by atoms with Gasteiger partial charge in [-0.3, -0.25) is 4.79 Å². The van der Waals surface area contributed by atoms with Gasteiger partial charge in [-0.25, -0.2) is 0 Å². The Kier molecular flexibility index (Phi) is 12.2. The molecule has 1 aliphatic heterocycles. The summed E-state index contributed by atoms with van der Waals surface area (Å²) in [5, 5.41) is 13.2. The highest BCUT2D eigenvalue weighted by molar-refractivity contribution is 8.06. The maximum atomic E-state index is 13.2. The van der Waals surface area contributed by atoms with Gasteiger partial charge in [0.15, 0.2) is 5.78 Å². The second-order valence-electron chi connectivity index (χ2n) is 10.1. The minimum Gasteiger partial charge on any atom is -0.848 e. The van der Waals surface area contributed by atoms with Gasteiger partial charge >= 0.3 is 0 Å². The molecule has 0 bridgehead atoms. The quantitative estimate of drug-likeness (QED) is 0.180. The van der Waals surface area contributed by atoms with E-state index in [0.29, 0.717) is 5.57 Å². The fourth-order valence-electron chi connectivity index (χ4n) is 4.63. The number of thioether (sulfide) groups is 1. The number of hydrogen-bond acceptors (Lipinski definition) is 3. The maximum Gasteiger partial charge on any atom is 0.218 e. The fourth-order valence-corrected chi connectivity index (χ4v) is 7.07. The van der Waals surface area contributed by atoms with Crippen LogP contribution in [-0.4, -0.2) is 11.9 Å². The van der Waals surface area contributed by atoms with Gasteiger partial charge in [-0.05, 0) is 83.3 Å². The molecule has 0 aromatic carbocycles. The number of aryl methyl sites for hydroxylation is 2. The van der Waals surface area contributed by atoms with Gasteiger partial charge in [-0.15, -0.1) is 0 Å². The Morgan fingerprint density at radius 2 is 1.33 bits per heavy atom. The van der Waals surface area contributed by atoms with E-state index in [2.05, 4.69) is 52.0 Å². The van der Waals surface area contributed by atoms with E-state index in [1.165, 1.54) is 70.9 Å². The SMILES string of the molecule is CCCCC1=CC(=CC2C(=O)/C(=C/c3cc(CCCC)[s+]c(CCCC)c3)C2[O-])C=C(CCCC)S1. The van der Waals surface area contributed by atoms with Crippen molar-refractivity contribution in [1.82, 2.24) is 0 Å². The Morgan fingerprint density at radius 3 is 1.81 bits per heavy atom. The first kappa shape index (κ1) is 29.1. The molecule has 1 aromatic heterocycles. The molecule has 2 unspecified atom stereocenters. The first-order valence-electron chi connectivity index (χ1n) is 14.2. The number of unbranched alkanes of at least 4 members (excludes halogenated alkanes) is 4.